The molecule has 0 amide bonds. The molecule has 27 heavy (non-hydrogen) atoms. The molecule has 0 saturated carbocycles. The molecule has 0 N–H and O–H groups in total. The van der Waals surface area contributed by atoms with Crippen LogP contribution >= 0.6 is 11.6 Å². The second-order valence-corrected chi connectivity index (χ2v) is 6.92. The number of ether oxygens (including phenoxy) is 3. The third-order valence-corrected chi connectivity index (χ3v) is 4.75. The summed E-state index contributed by atoms with van der Waals surface area (Å²) in [6.07, 6.45) is 2.92. The Morgan fingerprint density at radius 2 is 2.04 bits per heavy atom. The summed E-state index contributed by atoms with van der Waals surface area (Å²) < 4.78 is 20.1. The SMILES string of the molecule is Cc1ccccc1OCC1COC(Cn2cncn2)(c2ccc(Cl)cc2)O1. The van der Waals surface area contributed by atoms with E-state index in [-0.39, 0.29) is 6.10 Å². The van der Waals surface area contributed by atoms with Crippen molar-refractivity contribution in [2.24, 2.45) is 0 Å². The second kappa shape index (κ2) is 7.68. The van der Waals surface area contributed by atoms with Crippen LogP contribution in [0.5, 0.6) is 5.75 Å². The summed E-state index contributed by atoms with van der Waals surface area (Å²) in [5.74, 6) is -0.112. The van der Waals surface area contributed by atoms with Crippen LogP contribution in [0.15, 0.2) is 61.2 Å². The maximum absolute atomic E-state index is 6.33. The van der Waals surface area contributed by atoms with Crippen molar-refractivity contribution in [1.82, 2.24) is 14.8 Å². The van der Waals surface area contributed by atoms with Gasteiger partial charge >= 0.3 is 0 Å². The van der Waals surface area contributed by atoms with Crippen LogP contribution in [0.25, 0.3) is 0 Å². The fraction of sp³-hybridized carbons (Fsp3) is 0.300. The minimum atomic E-state index is -0.960. The van der Waals surface area contributed by atoms with Gasteiger partial charge in [-0.15, -0.1) is 0 Å². The molecule has 7 heteroatoms. The van der Waals surface area contributed by atoms with Gasteiger partial charge in [-0.25, -0.2) is 9.67 Å². The number of rotatable bonds is 6. The molecule has 3 aromatic rings. The molecular weight excluding hydrogens is 366 g/mol. The summed E-state index contributed by atoms with van der Waals surface area (Å²) in [6, 6.07) is 15.4. The zero-order chi connectivity index (χ0) is 18.7. The number of benzene rings is 2. The van der Waals surface area contributed by atoms with E-state index in [1.807, 2.05) is 55.5 Å². The number of aromatic nitrogens is 3. The largest absolute Gasteiger partial charge is 0.491 e. The van der Waals surface area contributed by atoms with Crippen LogP contribution in [0.4, 0.5) is 0 Å². The molecule has 2 atom stereocenters. The quantitative estimate of drug-likeness (QED) is 0.649. The smallest absolute Gasteiger partial charge is 0.215 e. The van der Waals surface area contributed by atoms with Gasteiger partial charge in [-0.2, -0.15) is 5.10 Å². The number of para-hydroxylation sites is 1. The summed E-state index contributed by atoms with van der Waals surface area (Å²) in [4.78, 5) is 4.00. The Kier molecular flexibility index (Phi) is 5.11. The van der Waals surface area contributed by atoms with Crippen LogP contribution in [0, 0.1) is 6.92 Å². The van der Waals surface area contributed by atoms with Gasteiger partial charge in [-0.1, -0.05) is 41.9 Å². The molecule has 2 unspecified atom stereocenters. The van der Waals surface area contributed by atoms with E-state index in [2.05, 4.69) is 10.1 Å². The van der Waals surface area contributed by atoms with Crippen LogP contribution < -0.4 is 4.74 Å². The standard InChI is InChI=1S/C20H20ClN3O3/c1-15-4-2-3-5-19(15)25-10-18-11-26-20(27-18,12-24-14-22-13-23-24)16-6-8-17(21)9-7-16/h2-9,13-14,18H,10-12H2,1H3. The molecule has 1 aliphatic rings. The highest BCUT2D eigenvalue weighted by Gasteiger charge is 2.44. The van der Waals surface area contributed by atoms with Crippen molar-refractivity contribution in [2.75, 3.05) is 13.2 Å². The van der Waals surface area contributed by atoms with Crippen molar-refractivity contribution in [3.63, 3.8) is 0 Å². The minimum absolute atomic E-state index is 0.205. The highest BCUT2D eigenvalue weighted by atomic mass is 35.5. The molecule has 0 bridgehead atoms. The van der Waals surface area contributed by atoms with Crippen LogP contribution in [-0.2, 0) is 21.8 Å². The first-order chi connectivity index (χ1) is 13.1. The Balaban J connectivity index is 1.52. The molecule has 1 aromatic heterocycles. The van der Waals surface area contributed by atoms with E-state index in [1.165, 1.54) is 6.33 Å². The van der Waals surface area contributed by atoms with Gasteiger partial charge in [0.1, 0.15) is 37.7 Å². The first-order valence-corrected chi connectivity index (χ1v) is 9.11. The van der Waals surface area contributed by atoms with Gasteiger partial charge < -0.3 is 14.2 Å². The summed E-state index contributed by atoms with van der Waals surface area (Å²) in [7, 11) is 0. The van der Waals surface area contributed by atoms with Crippen LogP contribution in [-0.4, -0.2) is 34.1 Å². The lowest BCUT2D eigenvalue weighted by Gasteiger charge is -2.28. The van der Waals surface area contributed by atoms with Gasteiger partial charge in [0.2, 0.25) is 5.79 Å². The predicted octanol–water partition coefficient (Wildman–Crippen LogP) is 3.59. The van der Waals surface area contributed by atoms with Gasteiger partial charge in [-0.05, 0) is 30.7 Å². The van der Waals surface area contributed by atoms with Crippen molar-refractivity contribution >= 4 is 11.6 Å². The van der Waals surface area contributed by atoms with E-state index < -0.39 is 5.79 Å². The lowest BCUT2D eigenvalue weighted by atomic mass is 10.1. The summed E-state index contributed by atoms with van der Waals surface area (Å²) >= 11 is 6.04. The molecule has 2 heterocycles. The van der Waals surface area contributed by atoms with Gasteiger partial charge in [0.15, 0.2) is 0 Å². The summed E-state index contributed by atoms with van der Waals surface area (Å²) in [5, 5.41) is 4.85. The van der Waals surface area contributed by atoms with E-state index in [0.717, 1.165) is 16.9 Å². The molecule has 2 aromatic carbocycles. The highest BCUT2D eigenvalue weighted by molar-refractivity contribution is 6.30. The average Bonchev–Trinajstić information content (AvgIpc) is 3.33. The Bertz CT molecular complexity index is 886. The maximum atomic E-state index is 6.33. The summed E-state index contributed by atoms with van der Waals surface area (Å²) in [5.41, 5.74) is 1.96. The highest BCUT2D eigenvalue weighted by Crippen LogP contribution is 2.36. The molecule has 0 aliphatic carbocycles. The van der Waals surface area contributed by atoms with E-state index >= 15 is 0 Å². The van der Waals surface area contributed by atoms with Gasteiger partial charge in [0.05, 0.1) is 6.61 Å². The average molecular weight is 386 g/mol. The lowest BCUT2D eigenvalue weighted by molar-refractivity contribution is -0.190. The molecule has 0 spiro atoms. The third kappa shape index (κ3) is 3.98. The van der Waals surface area contributed by atoms with Gasteiger partial charge in [0.25, 0.3) is 0 Å². The van der Waals surface area contributed by atoms with Crippen molar-refractivity contribution < 1.29 is 14.2 Å². The van der Waals surface area contributed by atoms with E-state index in [1.54, 1.807) is 11.0 Å². The monoisotopic (exact) mass is 385 g/mol. The van der Waals surface area contributed by atoms with Crippen molar-refractivity contribution in [3.05, 3.63) is 77.3 Å². The third-order valence-electron chi connectivity index (χ3n) is 4.50. The van der Waals surface area contributed by atoms with Crippen molar-refractivity contribution in [1.29, 1.82) is 0 Å². The van der Waals surface area contributed by atoms with Crippen LogP contribution in [0.2, 0.25) is 5.02 Å². The molecular formula is C20H20ClN3O3. The van der Waals surface area contributed by atoms with Crippen molar-refractivity contribution in [2.45, 2.75) is 25.4 Å². The number of aryl methyl sites for hydroxylation is 1. The lowest BCUT2D eigenvalue weighted by Crippen LogP contribution is -2.34. The van der Waals surface area contributed by atoms with Crippen molar-refractivity contribution in [3.8, 4) is 5.75 Å². The Morgan fingerprint density at radius 1 is 1.22 bits per heavy atom. The zero-order valence-corrected chi connectivity index (χ0v) is 15.7. The summed E-state index contributed by atoms with van der Waals surface area (Å²) in [6.45, 7) is 3.22. The first kappa shape index (κ1) is 18.0. The van der Waals surface area contributed by atoms with Gasteiger partial charge in [-0.3, -0.25) is 0 Å². The van der Waals surface area contributed by atoms with E-state index in [9.17, 15) is 0 Å². The fourth-order valence-electron chi connectivity index (χ4n) is 3.11. The first-order valence-electron chi connectivity index (χ1n) is 8.73. The Labute approximate surface area is 162 Å². The van der Waals surface area contributed by atoms with E-state index in [4.69, 9.17) is 25.8 Å². The molecule has 140 valence electrons. The van der Waals surface area contributed by atoms with Crippen LogP contribution in [0.3, 0.4) is 0 Å². The molecule has 1 aliphatic heterocycles. The molecule has 1 fully saturated rings. The normalized spacial score (nSPS) is 22.1. The molecule has 4 rings (SSSR count). The number of halogens is 1. The molecule has 6 nitrogen and oxygen atoms in total. The predicted molar refractivity (Wildman–Crippen MR) is 101 cm³/mol. The number of hydrogen-bond donors (Lipinski definition) is 0. The number of hydrogen-bond acceptors (Lipinski definition) is 5. The molecule has 0 radical (unpaired) electrons. The van der Waals surface area contributed by atoms with E-state index in [0.29, 0.717) is 24.8 Å². The zero-order valence-electron chi connectivity index (χ0n) is 14.9. The Hall–Kier alpha value is -2.41. The maximum Gasteiger partial charge on any atom is 0.215 e. The topological polar surface area (TPSA) is 58.4 Å². The van der Waals surface area contributed by atoms with Crippen LogP contribution in [0.1, 0.15) is 11.1 Å². The molecule has 1 saturated heterocycles. The minimum Gasteiger partial charge on any atom is -0.491 e. The Morgan fingerprint density at radius 3 is 2.78 bits per heavy atom. The fourth-order valence-corrected chi connectivity index (χ4v) is 3.23. The van der Waals surface area contributed by atoms with Gasteiger partial charge in [0, 0.05) is 10.6 Å². The number of nitrogens with zero attached hydrogens (tertiary/aromatic N) is 3. The second-order valence-electron chi connectivity index (χ2n) is 6.48.